The van der Waals surface area contributed by atoms with Crippen LogP contribution >= 0.6 is 0 Å². The molecule has 0 amide bonds. The van der Waals surface area contributed by atoms with Crippen LogP contribution < -0.4 is 9.64 Å². The first kappa shape index (κ1) is 18.8. The minimum atomic E-state index is -0.484. The fourth-order valence-corrected chi connectivity index (χ4v) is 2.78. The van der Waals surface area contributed by atoms with Crippen LogP contribution in [0.2, 0.25) is 0 Å². The molecule has 1 aromatic carbocycles. The number of hydrogen-bond acceptors (Lipinski definition) is 5. The summed E-state index contributed by atoms with van der Waals surface area (Å²) in [7, 11) is 1.70. The van der Waals surface area contributed by atoms with Gasteiger partial charge in [0.15, 0.2) is 0 Å². The van der Waals surface area contributed by atoms with E-state index in [1.54, 1.807) is 13.2 Å². The average Bonchev–Trinajstić information content (AvgIpc) is 2.61. The van der Waals surface area contributed by atoms with Gasteiger partial charge in [0.2, 0.25) is 0 Å². The normalized spacial score (nSPS) is 17.6. The van der Waals surface area contributed by atoms with Crippen molar-refractivity contribution in [3.63, 3.8) is 0 Å². The molecule has 1 fully saturated rings. The first-order chi connectivity index (χ1) is 11.4. The fourth-order valence-electron chi connectivity index (χ4n) is 2.78. The Labute approximate surface area is 145 Å². The second-order valence-corrected chi connectivity index (χ2v) is 6.73. The van der Waals surface area contributed by atoms with Crippen LogP contribution in [0.25, 0.3) is 0 Å². The molecule has 24 heavy (non-hydrogen) atoms. The second kappa shape index (κ2) is 8.51. The zero-order chi connectivity index (χ0) is 17.6. The van der Waals surface area contributed by atoms with Gasteiger partial charge >= 0.3 is 0 Å². The lowest BCUT2D eigenvalue weighted by Gasteiger charge is -2.37. The molecule has 2 rings (SSSR count). The number of aliphatic hydroxyl groups excluding tert-OH is 1. The van der Waals surface area contributed by atoms with E-state index < -0.39 is 11.7 Å². The van der Waals surface area contributed by atoms with Gasteiger partial charge in [0.05, 0.1) is 31.1 Å². The van der Waals surface area contributed by atoms with Crippen LogP contribution in [0, 0.1) is 0 Å². The third kappa shape index (κ3) is 5.23. The maximum atomic E-state index is 10.2. The number of nitrogens with zero attached hydrogens (tertiary/aromatic N) is 2. The summed E-state index contributed by atoms with van der Waals surface area (Å²) in [6.07, 6.45) is 1.27. The van der Waals surface area contributed by atoms with E-state index in [0.29, 0.717) is 13.2 Å². The highest BCUT2D eigenvalue weighted by Crippen LogP contribution is 2.28. The van der Waals surface area contributed by atoms with Crippen molar-refractivity contribution in [3.05, 3.63) is 36.9 Å². The van der Waals surface area contributed by atoms with Gasteiger partial charge in [-0.15, -0.1) is 6.58 Å². The summed E-state index contributed by atoms with van der Waals surface area (Å²) in [4.78, 5) is 4.61. The van der Waals surface area contributed by atoms with Crippen molar-refractivity contribution in [2.24, 2.45) is 0 Å². The standard InChI is InChI=1S/C19H30N2O3/c1-5-19(2,3)24-15-16(22)14-20-10-12-21(13-11-20)17-8-6-7-9-18(17)23-4/h5-9,16,22H,1,10-15H2,2-4H3/t16-/m1/s1. The highest BCUT2D eigenvalue weighted by atomic mass is 16.5. The third-order valence-electron chi connectivity index (χ3n) is 4.41. The predicted molar refractivity (Wildman–Crippen MR) is 97.9 cm³/mol. The Morgan fingerprint density at radius 2 is 1.92 bits per heavy atom. The van der Waals surface area contributed by atoms with E-state index in [1.807, 2.05) is 32.0 Å². The number of ether oxygens (including phenoxy) is 2. The Morgan fingerprint density at radius 1 is 1.25 bits per heavy atom. The van der Waals surface area contributed by atoms with Crippen molar-refractivity contribution in [1.82, 2.24) is 4.90 Å². The van der Waals surface area contributed by atoms with Crippen molar-refractivity contribution < 1.29 is 14.6 Å². The number of anilines is 1. The molecule has 0 unspecified atom stereocenters. The Kier molecular flexibility index (Phi) is 6.66. The first-order valence-corrected chi connectivity index (χ1v) is 8.51. The summed E-state index contributed by atoms with van der Waals surface area (Å²) in [6, 6.07) is 8.10. The fraction of sp³-hybridized carbons (Fsp3) is 0.579. The molecule has 0 saturated carbocycles. The maximum absolute atomic E-state index is 10.2. The molecule has 5 nitrogen and oxygen atoms in total. The van der Waals surface area contributed by atoms with Gasteiger partial charge in [0.25, 0.3) is 0 Å². The van der Waals surface area contributed by atoms with Crippen LogP contribution in [0.4, 0.5) is 5.69 Å². The summed E-state index contributed by atoms with van der Waals surface area (Å²) < 4.78 is 11.1. The highest BCUT2D eigenvalue weighted by molar-refractivity contribution is 5.58. The van der Waals surface area contributed by atoms with Crippen LogP contribution in [0.5, 0.6) is 5.75 Å². The molecule has 1 aliphatic heterocycles. The molecule has 0 bridgehead atoms. The number of piperazine rings is 1. The number of benzene rings is 1. The summed E-state index contributed by atoms with van der Waals surface area (Å²) in [5.74, 6) is 0.908. The van der Waals surface area contributed by atoms with Crippen molar-refractivity contribution in [3.8, 4) is 5.75 Å². The van der Waals surface area contributed by atoms with Gasteiger partial charge in [-0.3, -0.25) is 4.90 Å². The van der Waals surface area contributed by atoms with E-state index in [-0.39, 0.29) is 0 Å². The van der Waals surface area contributed by atoms with Crippen molar-refractivity contribution >= 4 is 5.69 Å². The van der Waals surface area contributed by atoms with Crippen LogP contribution in [-0.4, -0.2) is 68.2 Å². The van der Waals surface area contributed by atoms with Gasteiger partial charge in [0.1, 0.15) is 5.75 Å². The van der Waals surface area contributed by atoms with E-state index >= 15 is 0 Å². The molecule has 1 aliphatic rings. The second-order valence-electron chi connectivity index (χ2n) is 6.73. The van der Waals surface area contributed by atoms with Crippen LogP contribution in [0.3, 0.4) is 0 Å². The minimum absolute atomic E-state index is 0.325. The quantitative estimate of drug-likeness (QED) is 0.738. The lowest BCUT2D eigenvalue weighted by molar-refractivity contribution is -0.0420. The molecule has 1 N–H and O–H groups in total. The van der Waals surface area contributed by atoms with Crippen molar-refractivity contribution in [2.45, 2.75) is 25.6 Å². The zero-order valence-electron chi connectivity index (χ0n) is 15.1. The van der Waals surface area contributed by atoms with Gasteiger partial charge < -0.3 is 19.5 Å². The molecule has 0 aliphatic carbocycles. The molecular formula is C19H30N2O3. The van der Waals surface area contributed by atoms with Crippen molar-refractivity contribution in [2.75, 3.05) is 51.3 Å². The molecule has 0 spiro atoms. The van der Waals surface area contributed by atoms with Gasteiger partial charge in [-0.05, 0) is 26.0 Å². The summed E-state index contributed by atoms with van der Waals surface area (Å²) in [6.45, 7) is 12.3. The molecule has 1 heterocycles. The Balaban J connectivity index is 1.79. The molecule has 134 valence electrons. The van der Waals surface area contributed by atoms with Crippen molar-refractivity contribution in [1.29, 1.82) is 0 Å². The number of aliphatic hydroxyl groups is 1. The number of para-hydroxylation sites is 2. The Bertz CT molecular complexity index is 525. The number of methoxy groups -OCH3 is 1. The predicted octanol–water partition coefficient (Wildman–Crippen LogP) is 2.16. The summed E-state index contributed by atoms with van der Waals surface area (Å²) in [5.41, 5.74) is 0.736. The lowest BCUT2D eigenvalue weighted by Crippen LogP contribution is -2.49. The Morgan fingerprint density at radius 3 is 2.54 bits per heavy atom. The minimum Gasteiger partial charge on any atom is -0.495 e. The number of hydrogen-bond donors (Lipinski definition) is 1. The van der Waals surface area contributed by atoms with E-state index in [1.165, 1.54) is 0 Å². The van der Waals surface area contributed by atoms with Gasteiger partial charge in [0, 0.05) is 32.7 Å². The third-order valence-corrected chi connectivity index (χ3v) is 4.41. The van der Waals surface area contributed by atoms with Crippen LogP contribution in [-0.2, 0) is 4.74 Å². The summed E-state index contributed by atoms with van der Waals surface area (Å²) in [5, 5.41) is 10.2. The Hall–Kier alpha value is -1.56. The monoisotopic (exact) mass is 334 g/mol. The number of β-amino-alcohol motifs (C(OH)–C–C–N with tert-alkyl or cyclic N) is 1. The SMILES string of the molecule is C=CC(C)(C)OC[C@H](O)CN1CCN(c2ccccc2OC)CC1. The molecular weight excluding hydrogens is 304 g/mol. The maximum Gasteiger partial charge on any atom is 0.142 e. The van der Waals surface area contributed by atoms with E-state index in [0.717, 1.165) is 37.6 Å². The highest BCUT2D eigenvalue weighted by Gasteiger charge is 2.22. The van der Waals surface area contributed by atoms with E-state index in [9.17, 15) is 5.11 Å². The van der Waals surface area contributed by atoms with E-state index in [4.69, 9.17) is 9.47 Å². The smallest absolute Gasteiger partial charge is 0.142 e. The van der Waals surface area contributed by atoms with E-state index in [2.05, 4.69) is 22.4 Å². The van der Waals surface area contributed by atoms with Gasteiger partial charge in [-0.25, -0.2) is 0 Å². The molecule has 1 aromatic rings. The lowest BCUT2D eigenvalue weighted by atomic mass is 10.1. The molecule has 0 radical (unpaired) electrons. The van der Waals surface area contributed by atoms with Crippen LogP contribution in [0.15, 0.2) is 36.9 Å². The zero-order valence-corrected chi connectivity index (χ0v) is 15.1. The molecule has 0 aromatic heterocycles. The average molecular weight is 334 g/mol. The summed E-state index contributed by atoms with van der Waals surface area (Å²) >= 11 is 0. The topological polar surface area (TPSA) is 45.2 Å². The van der Waals surface area contributed by atoms with Crippen LogP contribution in [0.1, 0.15) is 13.8 Å². The van der Waals surface area contributed by atoms with Gasteiger partial charge in [-0.2, -0.15) is 0 Å². The van der Waals surface area contributed by atoms with Gasteiger partial charge in [-0.1, -0.05) is 18.2 Å². The molecule has 1 atom stereocenters. The largest absolute Gasteiger partial charge is 0.495 e. The molecule has 5 heteroatoms. The first-order valence-electron chi connectivity index (χ1n) is 8.51. The number of rotatable bonds is 8. The molecule has 1 saturated heterocycles.